The number of benzene rings is 1. The van der Waals surface area contributed by atoms with Gasteiger partial charge in [-0.05, 0) is 31.0 Å². The molecule has 0 spiro atoms. The highest BCUT2D eigenvalue weighted by atomic mass is 35.5. The highest BCUT2D eigenvalue weighted by Gasteiger charge is 2.04. The van der Waals surface area contributed by atoms with Gasteiger partial charge in [0.25, 0.3) is 0 Å². The van der Waals surface area contributed by atoms with Crippen LogP contribution in [0.4, 0.5) is 5.82 Å². The van der Waals surface area contributed by atoms with Gasteiger partial charge in [-0.25, -0.2) is 9.97 Å². The van der Waals surface area contributed by atoms with E-state index in [0.29, 0.717) is 10.8 Å². The molecule has 1 aromatic carbocycles. The van der Waals surface area contributed by atoms with Crippen LogP contribution >= 0.6 is 22.9 Å². The highest BCUT2D eigenvalue weighted by molar-refractivity contribution is 7.09. The van der Waals surface area contributed by atoms with Crippen molar-refractivity contribution < 1.29 is 0 Å². The van der Waals surface area contributed by atoms with Crippen LogP contribution in [0.5, 0.6) is 0 Å². The summed E-state index contributed by atoms with van der Waals surface area (Å²) in [6, 6.07) is 13.9. The van der Waals surface area contributed by atoms with E-state index in [1.54, 1.807) is 23.5 Å². The maximum absolute atomic E-state index is 8.94. The number of nitrogens with zero attached hydrogens (tertiary/aromatic N) is 3. The summed E-state index contributed by atoms with van der Waals surface area (Å²) in [6.07, 6.45) is 0.864. The summed E-state index contributed by atoms with van der Waals surface area (Å²) in [7, 11) is 0. The number of nitriles is 1. The number of anilines is 1. The summed E-state index contributed by atoms with van der Waals surface area (Å²) in [4.78, 5) is 8.66. The number of halogens is 1. The van der Waals surface area contributed by atoms with Gasteiger partial charge in [0, 0.05) is 17.5 Å². The van der Waals surface area contributed by atoms with Crippen LogP contribution in [-0.2, 0) is 6.42 Å². The van der Waals surface area contributed by atoms with Crippen LogP contribution in [0.2, 0.25) is 5.02 Å². The molecule has 1 N–H and O–H groups in total. The zero-order valence-corrected chi connectivity index (χ0v) is 14.7. The van der Waals surface area contributed by atoms with Crippen LogP contribution in [-0.4, -0.2) is 16.5 Å². The third-order valence-electron chi connectivity index (χ3n) is 3.54. The Bertz CT molecular complexity index is 881. The Balaban J connectivity index is 1.58. The van der Waals surface area contributed by atoms with Crippen molar-refractivity contribution in [3.8, 4) is 17.3 Å². The van der Waals surface area contributed by atoms with E-state index < -0.39 is 0 Å². The van der Waals surface area contributed by atoms with Crippen LogP contribution in [0.15, 0.2) is 41.8 Å². The van der Waals surface area contributed by atoms with Crippen molar-refractivity contribution in [3.63, 3.8) is 0 Å². The molecule has 4 nitrogen and oxygen atoms in total. The first-order chi connectivity index (χ1) is 11.7. The summed E-state index contributed by atoms with van der Waals surface area (Å²) in [5, 5.41) is 15.7. The Morgan fingerprint density at radius 1 is 1.17 bits per heavy atom. The maximum Gasteiger partial charge on any atom is 0.161 e. The second kappa shape index (κ2) is 7.43. The summed E-state index contributed by atoms with van der Waals surface area (Å²) < 4.78 is 0. The second-order valence-electron chi connectivity index (χ2n) is 5.26. The molecular formula is C18H15ClN4S. The average molecular weight is 355 g/mol. The molecule has 120 valence electrons. The first kappa shape index (κ1) is 16.4. The smallest absolute Gasteiger partial charge is 0.161 e. The number of hydrogen-bond donors (Lipinski definition) is 1. The molecule has 3 rings (SSSR count). The molecule has 0 aliphatic heterocycles. The van der Waals surface area contributed by atoms with Gasteiger partial charge in [0.2, 0.25) is 0 Å². The standard InChI is InChI=1S/C18H15ClN4S/c1-12-22-17(11-24-12)14-4-2-13(3-5-14)8-9-21-18-7-6-15(19)16(10-20)23-18/h2-7,11H,8-9H2,1H3,(H,21,23). The van der Waals surface area contributed by atoms with Gasteiger partial charge < -0.3 is 5.32 Å². The average Bonchev–Trinajstić information content (AvgIpc) is 3.03. The van der Waals surface area contributed by atoms with Gasteiger partial charge in [-0.1, -0.05) is 35.9 Å². The molecule has 0 aliphatic carbocycles. The SMILES string of the molecule is Cc1nc(-c2ccc(CCNc3ccc(Cl)c(C#N)n3)cc2)cs1. The van der Waals surface area contributed by atoms with Gasteiger partial charge in [-0.15, -0.1) is 11.3 Å². The monoisotopic (exact) mass is 354 g/mol. The lowest BCUT2D eigenvalue weighted by Crippen LogP contribution is -2.06. The Labute approximate surface area is 149 Å². The van der Waals surface area contributed by atoms with Crippen molar-refractivity contribution >= 4 is 28.8 Å². The molecule has 0 saturated carbocycles. The predicted octanol–water partition coefficient (Wildman–Crippen LogP) is 4.69. The van der Waals surface area contributed by atoms with Gasteiger partial charge in [0.05, 0.1) is 15.7 Å². The number of pyridine rings is 1. The molecule has 3 aromatic rings. The molecular weight excluding hydrogens is 340 g/mol. The minimum absolute atomic E-state index is 0.240. The van der Waals surface area contributed by atoms with Crippen LogP contribution in [0.3, 0.4) is 0 Å². The number of hydrogen-bond acceptors (Lipinski definition) is 5. The minimum Gasteiger partial charge on any atom is -0.370 e. The largest absolute Gasteiger partial charge is 0.370 e. The zero-order valence-electron chi connectivity index (χ0n) is 13.1. The zero-order chi connectivity index (χ0) is 16.9. The van der Waals surface area contributed by atoms with Gasteiger partial charge in [0.1, 0.15) is 11.9 Å². The topological polar surface area (TPSA) is 61.6 Å². The fraction of sp³-hybridized carbons (Fsp3) is 0.167. The van der Waals surface area contributed by atoms with E-state index in [2.05, 4.69) is 44.9 Å². The van der Waals surface area contributed by atoms with E-state index >= 15 is 0 Å². The molecule has 2 heterocycles. The highest BCUT2D eigenvalue weighted by Crippen LogP contribution is 2.22. The summed E-state index contributed by atoms with van der Waals surface area (Å²) in [5.41, 5.74) is 3.63. The van der Waals surface area contributed by atoms with Crippen molar-refractivity contribution in [1.82, 2.24) is 9.97 Å². The van der Waals surface area contributed by atoms with E-state index in [1.807, 2.05) is 13.0 Å². The fourth-order valence-corrected chi connectivity index (χ4v) is 3.06. The van der Waals surface area contributed by atoms with Gasteiger partial charge in [-0.3, -0.25) is 0 Å². The molecule has 0 fully saturated rings. The van der Waals surface area contributed by atoms with Gasteiger partial charge >= 0.3 is 0 Å². The Morgan fingerprint density at radius 2 is 1.96 bits per heavy atom. The number of aryl methyl sites for hydroxylation is 1. The molecule has 2 aromatic heterocycles. The molecule has 0 atom stereocenters. The lowest BCUT2D eigenvalue weighted by Gasteiger charge is -2.07. The molecule has 24 heavy (non-hydrogen) atoms. The molecule has 6 heteroatoms. The number of rotatable bonds is 5. The number of nitrogens with one attached hydrogen (secondary N) is 1. The first-order valence-corrected chi connectivity index (χ1v) is 8.73. The van der Waals surface area contributed by atoms with E-state index in [-0.39, 0.29) is 5.69 Å². The van der Waals surface area contributed by atoms with E-state index in [0.717, 1.165) is 29.2 Å². The van der Waals surface area contributed by atoms with Crippen LogP contribution in [0.25, 0.3) is 11.3 Å². The third-order valence-corrected chi connectivity index (χ3v) is 4.62. The Kier molecular flexibility index (Phi) is 5.09. The van der Waals surface area contributed by atoms with E-state index in [9.17, 15) is 0 Å². The quantitative estimate of drug-likeness (QED) is 0.721. The summed E-state index contributed by atoms with van der Waals surface area (Å²) in [6.45, 7) is 2.74. The van der Waals surface area contributed by atoms with E-state index in [1.165, 1.54) is 5.56 Å². The molecule has 0 amide bonds. The lowest BCUT2D eigenvalue weighted by atomic mass is 10.1. The molecule has 0 radical (unpaired) electrons. The van der Waals surface area contributed by atoms with Crippen molar-refractivity contribution in [2.75, 3.05) is 11.9 Å². The van der Waals surface area contributed by atoms with Gasteiger partial charge in [-0.2, -0.15) is 5.26 Å². The lowest BCUT2D eigenvalue weighted by molar-refractivity contribution is 1.00. The molecule has 0 saturated heterocycles. The molecule has 0 aliphatic rings. The number of thiazole rings is 1. The van der Waals surface area contributed by atoms with Gasteiger partial charge in [0.15, 0.2) is 5.69 Å². The van der Waals surface area contributed by atoms with Crippen molar-refractivity contribution in [1.29, 1.82) is 5.26 Å². The summed E-state index contributed by atoms with van der Waals surface area (Å²) >= 11 is 7.53. The van der Waals surface area contributed by atoms with Crippen LogP contribution < -0.4 is 5.32 Å². The molecule has 0 unspecified atom stereocenters. The van der Waals surface area contributed by atoms with Crippen molar-refractivity contribution in [2.45, 2.75) is 13.3 Å². The van der Waals surface area contributed by atoms with Crippen molar-refractivity contribution in [3.05, 3.63) is 63.1 Å². The van der Waals surface area contributed by atoms with E-state index in [4.69, 9.17) is 16.9 Å². The van der Waals surface area contributed by atoms with Crippen molar-refractivity contribution in [2.24, 2.45) is 0 Å². The second-order valence-corrected chi connectivity index (χ2v) is 6.73. The van der Waals surface area contributed by atoms with Crippen LogP contribution in [0.1, 0.15) is 16.3 Å². The third kappa shape index (κ3) is 3.91. The fourth-order valence-electron chi connectivity index (χ4n) is 2.29. The maximum atomic E-state index is 8.94. The Morgan fingerprint density at radius 3 is 2.62 bits per heavy atom. The molecule has 0 bridgehead atoms. The summed E-state index contributed by atoms with van der Waals surface area (Å²) in [5.74, 6) is 0.658. The predicted molar refractivity (Wildman–Crippen MR) is 98.4 cm³/mol. The number of aromatic nitrogens is 2. The first-order valence-electron chi connectivity index (χ1n) is 7.47. The Hall–Kier alpha value is -2.42. The normalized spacial score (nSPS) is 10.4. The minimum atomic E-state index is 0.240. The van der Waals surface area contributed by atoms with Crippen LogP contribution in [0, 0.1) is 18.3 Å².